The highest BCUT2D eigenvalue weighted by Gasteiger charge is 2.18. The first-order chi connectivity index (χ1) is 10.9. The van der Waals surface area contributed by atoms with Gasteiger partial charge in [-0.1, -0.05) is 0 Å². The van der Waals surface area contributed by atoms with E-state index in [1.165, 1.54) is 0 Å². The highest BCUT2D eigenvalue weighted by atomic mass is 19.2. The van der Waals surface area contributed by atoms with Gasteiger partial charge < -0.3 is 20.3 Å². The molecule has 23 heavy (non-hydrogen) atoms. The van der Waals surface area contributed by atoms with Crippen LogP contribution in [0.1, 0.15) is 17.2 Å². The average molecular weight is 327 g/mol. The molecule has 0 aliphatic carbocycles. The van der Waals surface area contributed by atoms with Crippen molar-refractivity contribution in [3.8, 4) is 0 Å². The molecule has 0 aliphatic heterocycles. The van der Waals surface area contributed by atoms with Crippen molar-refractivity contribution in [2.24, 2.45) is 7.05 Å². The van der Waals surface area contributed by atoms with Gasteiger partial charge in [-0.25, -0.2) is 18.0 Å². The fourth-order valence-electron chi connectivity index (χ4n) is 2.07. The number of carbonyl (C=O) groups is 1. The predicted molar refractivity (Wildman–Crippen MR) is 76.9 cm³/mol. The van der Waals surface area contributed by atoms with Crippen LogP contribution in [0, 0.1) is 17.5 Å². The Labute approximate surface area is 130 Å². The topological polar surface area (TPSA) is 66.3 Å². The van der Waals surface area contributed by atoms with Crippen LogP contribution < -0.4 is 10.6 Å². The lowest BCUT2D eigenvalue weighted by Crippen LogP contribution is -2.39. The maximum atomic E-state index is 13.2. The Balaban J connectivity index is 1.99. The zero-order chi connectivity index (χ0) is 17.0. The van der Waals surface area contributed by atoms with Crippen molar-refractivity contribution in [1.82, 2.24) is 15.2 Å². The number of hydrogen-bond acceptors (Lipinski definition) is 2. The number of carbonyl (C=O) groups excluding carboxylic acids is 1. The smallest absolute Gasteiger partial charge is 0.315 e. The first kappa shape index (κ1) is 16.9. The summed E-state index contributed by atoms with van der Waals surface area (Å²) in [5.74, 6) is -4.37. The van der Waals surface area contributed by atoms with E-state index in [-0.39, 0.29) is 12.1 Å². The van der Waals surface area contributed by atoms with Crippen LogP contribution in [-0.2, 0) is 13.6 Å². The van der Waals surface area contributed by atoms with Gasteiger partial charge in [0.05, 0.1) is 12.6 Å². The molecule has 0 saturated heterocycles. The molecule has 0 radical (unpaired) electrons. The Bertz CT molecular complexity index is 680. The van der Waals surface area contributed by atoms with Crippen LogP contribution in [0.2, 0.25) is 0 Å². The van der Waals surface area contributed by atoms with E-state index in [9.17, 15) is 23.1 Å². The lowest BCUT2D eigenvalue weighted by Gasteiger charge is -2.17. The molecule has 0 spiro atoms. The van der Waals surface area contributed by atoms with Gasteiger partial charge >= 0.3 is 6.03 Å². The molecule has 8 heteroatoms. The van der Waals surface area contributed by atoms with E-state index in [0.29, 0.717) is 0 Å². The van der Waals surface area contributed by atoms with Crippen molar-refractivity contribution in [3.63, 3.8) is 0 Å². The monoisotopic (exact) mass is 327 g/mol. The van der Waals surface area contributed by atoms with Crippen LogP contribution in [0.15, 0.2) is 30.6 Å². The SMILES string of the molecule is Cn1ccc(CNC(=O)NC(CO)c2cc(F)c(F)c(F)c2)c1. The summed E-state index contributed by atoms with van der Waals surface area (Å²) in [7, 11) is 1.84. The van der Waals surface area contributed by atoms with Crippen molar-refractivity contribution in [3.05, 3.63) is 59.2 Å². The number of hydrogen-bond donors (Lipinski definition) is 3. The van der Waals surface area contributed by atoms with Crippen LogP contribution in [0.3, 0.4) is 0 Å². The fraction of sp³-hybridized carbons (Fsp3) is 0.267. The summed E-state index contributed by atoms with van der Waals surface area (Å²) in [6, 6.07) is 1.59. The molecule has 1 aromatic heterocycles. The molecule has 5 nitrogen and oxygen atoms in total. The molecule has 1 aromatic carbocycles. The second kappa shape index (κ2) is 7.19. The number of nitrogens with one attached hydrogen (secondary N) is 2. The Kier molecular flexibility index (Phi) is 5.28. The van der Waals surface area contributed by atoms with E-state index in [1.807, 2.05) is 30.1 Å². The van der Waals surface area contributed by atoms with Crippen molar-refractivity contribution >= 4 is 6.03 Å². The number of amides is 2. The van der Waals surface area contributed by atoms with Crippen molar-refractivity contribution in [2.75, 3.05) is 6.61 Å². The van der Waals surface area contributed by atoms with E-state index >= 15 is 0 Å². The number of benzene rings is 1. The van der Waals surface area contributed by atoms with Crippen molar-refractivity contribution < 1.29 is 23.1 Å². The van der Waals surface area contributed by atoms with Gasteiger partial charge in [0.2, 0.25) is 0 Å². The number of aliphatic hydroxyl groups is 1. The minimum absolute atomic E-state index is 0.0706. The molecule has 1 unspecified atom stereocenters. The molecule has 3 N–H and O–H groups in total. The second-order valence-corrected chi connectivity index (χ2v) is 5.05. The van der Waals surface area contributed by atoms with Crippen LogP contribution >= 0.6 is 0 Å². The van der Waals surface area contributed by atoms with Gasteiger partial charge in [0.25, 0.3) is 0 Å². The molecule has 1 heterocycles. The zero-order valence-corrected chi connectivity index (χ0v) is 12.3. The predicted octanol–water partition coefficient (Wildman–Crippen LogP) is 1.98. The lowest BCUT2D eigenvalue weighted by molar-refractivity contribution is 0.216. The summed E-state index contributed by atoms with van der Waals surface area (Å²) in [5, 5.41) is 14.2. The van der Waals surface area contributed by atoms with Gasteiger partial charge in [0.1, 0.15) is 0 Å². The molecular formula is C15H16F3N3O2. The quantitative estimate of drug-likeness (QED) is 0.735. The maximum Gasteiger partial charge on any atom is 0.315 e. The molecule has 124 valence electrons. The Morgan fingerprint density at radius 2 is 1.96 bits per heavy atom. The normalized spacial score (nSPS) is 12.0. The summed E-state index contributed by atoms with van der Waals surface area (Å²) in [6.45, 7) is -0.347. The Hall–Kier alpha value is -2.48. The minimum atomic E-state index is -1.60. The molecular weight excluding hydrogens is 311 g/mol. The molecule has 2 rings (SSSR count). The Morgan fingerprint density at radius 3 is 2.48 bits per heavy atom. The second-order valence-electron chi connectivity index (χ2n) is 5.05. The van der Waals surface area contributed by atoms with E-state index in [1.54, 1.807) is 0 Å². The van der Waals surface area contributed by atoms with E-state index in [4.69, 9.17) is 0 Å². The molecule has 0 bridgehead atoms. The number of aromatic nitrogens is 1. The van der Waals surface area contributed by atoms with Crippen LogP contribution in [0.5, 0.6) is 0 Å². The number of rotatable bonds is 5. The summed E-state index contributed by atoms with van der Waals surface area (Å²) < 4.78 is 41.2. The van der Waals surface area contributed by atoms with Crippen molar-refractivity contribution in [1.29, 1.82) is 0 Å². The molecule has 1 atom stereocenters. The van der Waals surface area contributed by atoms with Gasteiger partial charge in [-0.2, -0.15) is 0 Å². The van der Waals surface area contributed by atoms with Gasteiger partial charge in [0.15, 0.2) is 17.5 Å². The van der Waals surface area contributed by atoms with Gasteiger partial charge in [-0.3, -0.25) is 0 Å². The third-order valence-corrected chi connectivity index (χ3v) is 3.24. The first-order valence-electron chi connectivity index (χ1n) is 6.81. The third-order valence-electron chi connectivity index (χ3n) is 3.24. The van der Waals surface area contributed by atoms with E-state index in [0.717, 1.165) is 17.7 Å². The average Bonchev–Trinajstić information content (AvgIpc) is 2.93. The largest absolute Gasteiger partial charge is 0.394 e. The van der Waals surface area contributed by atoms with Crippen molar-refractivity contribution in [2.45, 2.75) is 12.6 Å². The number of urea groups is 1. The zero-order valence-electron chi connectivity index (χ0n) is 12.3. The van der Waals surface area contributed by atoms with E-state index in [2.05, 4.69) is 10.6 Å². The highest BCUT2D eigenvalue weighted by molar-refractivity contribution is 5.74. The van der Waals surface area contributed by atoms with Gasteiger partial charge in [-0.15, -0.1) is 0 Å². The highest BCUT2D eigenvalue weighted by Crippen LogP contribution is 2.19. The van der Waals surface area contributed by atoms with Crippen LogP contribution in [0.4, 0.5) is 18.0 Å². The van der Waals surface area contributed by atoms with Gasteiger partial charge in [0, 0.05) is 26.0 Å². The molecule has 0 saturated carbocycles. The molecule has 0 aliphatic rings. The molecule has 2 aromatic rings. The molecule has 2 amide bonds. The third kappa shape index (κ3) is 4.26. The fourth-order valence-corrected chi connectivity index (χ4v) is 2.07. The lowest BCUT2D eigenvalue weighted by atomic mass is 10.1. The number of aryl methyl sites for hydroxylation is 1. The van der Waals surface area contributed by atoms with E-state index < -0.39 is 36.1 Å². The van der Waals surface area contributed by atoms with Crippen LogP contribution in [-0.4, -0.2) is 22.3 Å². The minimum Gasteiger partial charge on any atom is -0.394 e. The molecule has 0 fully saturated rings. The summed E-state index contributed by atoms with van der Waals surface area (Å²) in [6.07, 6.45) is 3.63. The summed E-state index contributed by atoms with van der Waals surface area (Å²) in [5.41, 5.74) is 0.792. The number of halogens is 3. The maximum absolute atomic E-state index is 13.2. The van der Waals surface area contributed by atoms with Crippen LogP contribution in [0.25, 0.3) is 0 Å². The van der Waals surface area contributed by atoms with Gasteiger partial charge in [-0.05, 0) is 29.3 Å². The number of nitrogens with zero attached hydrogens (tertiary/aromatic N) is 1. The number of aliphatic hydroxyl groups excluding tert-OH is 1. The first-order valence-corrected chi connectivity index (χ1v) is 6.81. The Morgan fingerprint density at radius 1 is 1.30 bits per heavy atom. The standard InChI is InChI=1S/C15H16F3N3O2/c1-21-3-2-9(7-21)6-19-15(23)20-13(8-22)10-4-11(16)14(18)12(17)5-10/h2-5,7,13,22H,6,8H2,1H3,(H2,19,20,23). The summed E-state index contributed by atoms with van der Waals surface area (Å²) in [4.78, 5) is 11.8. The summed E-state index contributed by atoms with van der Waals surface area (Å²) >= 11 is 0.